The quantitative estimate of drug-likeness (QED) is 0.301. The molecule has 0 heterocycles. The van der Waals surface area contributed by atoms with E-state index in [0.717, 1.165) is 0 Å². The molecule has 0 aromatic heterocycles. The van der Waals surface area contributed by atoms with Gasteiger partial charge in [0.2, 0.25) is 0 Å². The Morgan fingerprint density at radius 1 is 1.00 bits per heavy atom. The van der Waals surface area contributed by atoms with E-state index in [0.29, 0.717) is 4.63 Å². The molecule has 0 aromatic rings. The van der Waals surface area contributed by atoms with E-state index in [2.05, 4.69) is 23.9 Å². The van der Waals surface area contributed by atoms with Gasteiger partial charge in [-0.05, 0) is 0 Å². The molecule has 0 saturated heterocycles. The van der Waals surface area contributed by atoms with E-state index in [1.807, 2.05) is 0 Å². The predicted molar refractivity (Wildman–Crippen MR) is 19.1 cm³/mol. The van der Waals surface area contributed by atoms with Crippen LogP contribution in [-0.2, 0) is 0 Å². The molecule has 0 fully saturated rings. The van der Waals surface area contributed by atoms with Gasteiger partial charge < -0.3 is 4.63 Å². The maximum Gasteiger partial charge on any atom is 0.152 e. The molecule has 0 rings (SSSR count). The molecule has 0 saturated carbocycles. The van der Waals surface area contributed by atoms with E-state index in [4.69, 9.17) is 0 Å². The maximum atomic E-state index is 4.50. The van der Waals surface area contributed by atoms with E-state index >= 15 is 0 Å². The summed E-state index contributed by atoms with van der Waals surface area (Å²) < 4.78 is 0.500. The van der Waals surface area contributed by atoms with E-state index in [-0.39, 0.29) is 0 Å². The molecule has 0 unspecified atom stereocenters. The van der Waals surface area contributed by atoms with E-state index in [1.54, 1.807) is 0 Å². The molecule has 0 N–H and O–H groups in total. The first kappa shape index (κ1) is 4.15. The highest BCUT2D eigenvalue weighted by Crippen LogP contribution is 1.38. The molecule has 0 aliphatic rings. The van der Waals surface area contributed by atoms with Gasteiger partial charge in [0.15, 0.2) is 23.9 Å². The zero-order valence-electron chi connectivity index (χ0n) is 2.18. The Balaban J connectivity index is 2.32. The first-order chi connectivity index (χ1) is 1.73. The molecule has 0 amide bonds. The Bertz CT molecular complexity index is 8.00. The van der Waals surface area contributed by atoms with Crippen LogP contribution in [-0.4, -0.2) is 28.6 Å². The van der Waals surface area contributed by atoms with Crippen molar-refractivity contribution in [1.82, 2.24) is 4.63 Å². The lowest BCUT2D eigenvalue weighted by Gasteiger charge is -1.91. The lowest BCUT2D eigenvalue weighted by Crippen LogP contribution is -2.08. The summed E-state index contributed by atoms with van der Waals surface area (Å²) in [6, 6.07) is 0. The maximum absolute atomic E-state index is 4.50. The van der Waals surface area contributed by atoms with Gasteiger partial charge in [0.1, 0.15) is 0 Å². The third kappa shape index (κ3) is 120. The summed E-state index contributed by atoms with van der Waals surface area (Å²) >= 11 is 0. The average molecular weight is 46.4 g/mol. The highest BCUT2D eigenvalue weighted by Gasteiger charge is 1.61. The fourth-order valence-electron chi connectivity index (χ4n) is 0. The molecular weight excluding hydrogens is 46.4 g/mol. The van der Waals surface area contributed by atoms with Gasteiger partial charge in [0, 0.05) is 0 Å². The fourth-order valence-corrected chi connectivity index (χ4v) is 0. The minimum atomic E-state index is 0.500. The second kappa shape index (κ2) is 1.47. The van der Waals surface area contributed by atoms with Crippen molar-refractivity contribution >= 4 is 23.9 Å². The Morgan fingerprint density at radius 3 is 1.00 bits per heavy atom. The molecule has 14 valence electrons. The molecule has 0 aliphatic heterocycles. The average Bonchev–Trinajstić information content (AvgIpc) is 0.811. The van der Waals surface area contributed by atoms with Crippen LogP contribution in [0.2, 0.25) is 0 Å². The molecule has 0 aromatic carbocycles. The van der Waals surface area contributed by atoms with E-state index < -0.39 is 0 Å². The summed E-state index contributed by atoms with van der Waals surface area (Å²) in [6.45, 7) is 0. The van der Waals surface area contributed by atoms with Crippen molar-refractivity contribution < 1.29 is 0 Å². The van der Waals surface area contributed by atoms with Crippen LogP contribution < -0.4 is 0 Å². The van der Waals surface area contributed by atoms with Crippen LogP contribution in [0.5, 0.6) is 0 Å². The SMILES string of the molecule is [B]N([B])[B]. The van der Waals surface area contributed by atoms with Crippen molar-refractivity contribution in [2.45, 2.75) is 0 Å². The van der Waals surface area contributed by atoms with Crippen LogP contribution in [0.15, 0.2) is 0 Å². The van der Waals surface area contributed by atoms with Crippen molar-refractivity contribution in [2.75, 3.05) is 0 Å². The van der Waals surface area contributed by atoms with Crippen molar-refractivity contribution in [3.05, 3.63) is 0 Å². The normalized spacial score (nSPS) is 8.25. The van der Waals surface area contributed by atoms with Crippen LogP contribution >= 0.6 is 0 Å². The molecule has 0 atom stereocenters. The van der Waals surface area contributed by atoms with Crippen LogP contribution in [0, 0.1) is 0 Å². The number of rotatable bonds is 0. The lowest BCUT2D eigenvalue weighted by molar-refractivity contribution is 1.18. The topological polar surface area (TPSA) is 3.24 Å². The zero-order valence-corrected chi connectivity index (χ0v) is 2.18. The fraction of sp³-hybridized carbons (Fsp3) is 0. The summed E-state index contributed by atoms with van der Waals surface area (Å²) in [5, 5.41) is 0. The van der Waals surface area contributed by atoms with Gasteiger partial charge in [0.05, 0.1) is 0 Å². The molecule has 4 heavy (non-hydrogen) atoms. The smallest absolute Gasteiger partial charge is 0.152 e. The number of hydrogen-bond acceptors (Lipinski definition) is 1. The third-order valence-corrected chi connectivity index (χ3v) is 0. The van der Waals surface area contributed by atoms with Gasteiger partial charge in [-0.25, -0.2) is 0 Å². The Kier molecular flexibility index (Phi) is 1.53. The third-order valence-electron chi connectivity index (χ3n) is 0. The Labute approximate surface area is 29.7 Å². The molecule has 1 nitrogen and oxygen atoms in total. The molecule has 6 radical (unpaired) electrons. The molecular formula is B3N. The van der Waals surface area contributed by atoms with Crippen LogP contribution in [0.1, 0.15) is 0 Å². The van der Waals surface area contributed by atoms with Gasteiger partial charge in [0.25, 0.3) is 0 Å². The van der Waals surface area contributed by atoms with E-state index in [9.17, 15) is 0 Å². The monoisotopic (exact) mass is 47.0 g/mol. The minimum Gasteiger partial charge on any atom is -0.457 e. The number of nitrogens with zero attached hydrogens (tertiary/aromatic N) is 1. The Morgan fingerprint density at radius 2 is 1.00 bits per heavy atom. The molecule has 0 bridgehead atoms. The summed E-state index contributed by atoms with van der Waals surface area (Å²) in [7, 11) is 13.5. The number of hydrogen-bond donors (Lipinski definition) is 0. The summed E-state index contributed by atoms with van der Waals surface area (Å²) in [4.78, 5) is 0. The van der Waals surface area contributed by atoms with Crippen molar-refractivity contribution in [3.8, 4) is 0 Å². The molecule has 4 heteroatoms. The summed E-state index contributed by atoms with van der Waals surface area (Å²) in [5.74, 6) is 0. The van der Waals surface area contributed by atoms with Gasteiger partial charge >= 0.3 is 0 Å². The van der Waals surface area contributed by atoms with Crippen LogP contribution in [0.4, 0.5) is 0 Å². The van der Waals surface area contributed by atoms with Gasteiger partial charge in [-0.2, -0.15) is 0 Å². The highest BCUT2D eigenvalue weighted by molar-refractivity contribution is 6.41. The standard InChI is InChI=1S/B3N/c1-4(2)3. The molecule has 0 spiro atoms. The second-order valence-electron chi connectivity index (χ2n) is 0.447. The first-order valence-electron chi connectivity index (χ1n) is 0.775. The predicted octanol–water partition coefficient (Wildman–Crippen LogP) is -1.46. The zero-order chi connectivity index (χ0) is 3.58. The summed E-state index contributed by atoms with van der Waals surface area (Å²) in [6.07, 6.45) is 0. The van der Waals surface area contributed by atoms with Crippen molar-refractivity contribution in [2.24, 2.45) is 0 Å². The van der Waals surface area contributed by atoms with Crippen LogP contribution in [0.25, 0.3) is 0 Å². The van der Waals surface area contributed by atoms with Gasteiger partial charge in [-0.15, -0.1) is 0 Å². The second-order valence-corrected chi connectivity index (χ2v) is 0.447. The molecule has 0 aliphatic carbocycles. The minimum absolute atomic E-state index is 0.500. The van der Waals surface area contributed by atoms with Gasteiger partial charge in [-0.1, -0.05) is 0 Å². The first-order valence-corrected chi connectivity index (χ1v) is 0.775. The summed E-state index contributed by atoms with van der Waals surface area (Å²) in [5.41, 5.74) is 0. The van der Waals surface area contributed by atoms with Crippen molar-refractivity contribution in [1.29, 1.82) is 0 Å². The Hall–Kier alpha value is 0.155. The van der Waals surface area contributed by atoms with Crippen molar-refractivity contribution in [3.63, 3.8) is 0 Å². The van der Waals surface area contributed by atoms with Gasteiger partial charge in [-0.3, -0.25) is 0 Å². The van der Waals surface area contributed by atoms with E-state index in [1.165, 1.54) is 0 Å². The van der Waals surface area contributed by atoms with Crippen LogP contribution in [0.3, 0.4) is 0 Å². The lowest BCUT2D eigenvalue weighted by atomic mass is 10.1. The highest BCUT2D eigenvalue weighted by atomic mass is 14.8. The largest absolute Gasteiger partial charge is 0.457 e.